The van der Waals surface area contributed by atoms with Crippen molar-refractivity contribution >= 4 is 28.3 Å². The Kier molecular flexibility index (Phi) is 5.03. The van der Waals surface area contributed by atoms with Gasteiger partial charge in [0.05, 0.1) is 34.8 Å². The van der Waals surface area contributed by atoms with Crippen LogP contribution in [0, 0.1) is 0 Å². The van der Waals surface area contributed by atoms with Crippen molar-refractivity contribution < 1.29 is 9.53 Å². The number of hydrogen-bond acceptors (Lipinski definition) is 6. The fraction of sp³-hybridized carbons (Fsp3) is 0.200. The number of thiophene rings is 1. The predicted octanol–water partition coefficient (Wildman–Crippen LogP) is 3.51. The van der Waals surface area contributed by atoms with Gasteiger partial charge in [0.15, 0.2) is 5.65 Å². The molecule has 0 aromatic carbocycles. The largest absolute Gasteiger partial charge is 0.481 e. The highest BCUT2D eigenvalue weighted by Crippen LogP contribution is 2.28. The van der Waals surface area contributed by atoms with Gasteiger partial charge in [0.1, 0.15) is 0 Å². The summed E-state index contributed by atoms with van der Waals surface area (Å²) in [6.07, 6.45) is 3.35. The molecule has 1 N–H and O–H groups in total. The Morgan fingerprint density at radius 2 is 2.21 bits per heavy atom. The van der Waals surface area contributed by atoms with Gasteiger partial charge in [0.2, 0.25) is 5.88 Å². The van der Waals surface area contributed by atoms with Gasteiger partial charge in [-0.25, -0.2) is 14.6 Å². The maximum Gasteiger partial charge on any atom is 0.252 e. The van der Waals surface area contributed by atoms with Gasteiger partial charge >= 0.3 is 0 Å². The third-order valence-electron chi connectivity index (χ3n) is 4.41. The van der Waals surface area contributed by atoms with E-state index in [1.165, 1.54) is 0 Å². The second kappa shape index (κ2) is 7.77. The van der Waals surface area contributed by atoms with Gasteiger partial charge in [-0.1, -0.05) is 12.1 Å². The Morgan fingerprint density at radius 1 is 1.32 bits per heavy atom. The molecule has 0 saturated heterocycles. The lowest BCUT2D eigenvalue weighted by molar-refractivity contribution is 0.0952. The zero-order valence-corrected chi connectivity index (χ0v) is 16.4. The van der Waals surface area contributed by atoms with E-state index in [-0.39, 0.29) is 5.91 Å². The van der Waals surface area contributed by atoms with E-state index in [0.29, 0.717) is 30.2 Å². The molecule has 1 amide bonds. The molecule has 0 atom stereocenters. The lowest BCUT2D eigenvalue weighted by atomic mass is 10.1. The van der Waals surface area contributed by atoms with Crippen molar-refractivity contribution in [3.63, 3.8) is 0 Å². The number of aromatic nitrogens is 4. The van der Waals surface area contributed by atoms with Crippen LogP contribution in [0.1, 0.15) is 22.8 Å². The van der Waals surface area contributed by atoms with E-state index in [9.17, 15) is 4.79 Å². The first-order chi connectivity index (χ1) is 13.7. The number of hydrogen-bond donors (Lipinski definition) is 1. The van der Waals surface area contributed by atoms with Crippen LogP contribution in [-0.4, -0.2) is 32.8 Å². The van der Waals surface area contributed by atoms with Crippen LogP contribution in [0.5, 0.6) is 5.88 Å². The van der Waals surface area contributed by atoms with Gasteiger partial charge in [0.25, 0.3) is 5.91 Å². The molecular weight excluding hydrogens is 374 g/mol. The summed E-state index contributed by atoms with van der Waals surface area (Å²) in [5, 5.41) is 10.1. The molecule has 4 rings (SSSR count). The number of pyridine rings is 2. The third kappa shape index (κ3) is 3.34. The standard InChI is InChI=1S/C20H19N5O2S/c1-3-25-18-15(12-23-25)14(10-16(24-18)17-7-5-9-28-17)19(26)22-11-13-6-4-8-21-20(13)27-2/h4-10,12H,3,11H2,1-2H3,(H,22,26). The van der Waals surface area contributed by atoms with E-state index in [1.807, 2.05) is 42.6 Å². The molecule has 0 aliphatic rings. The normalized spacial score (nSPS) is 10.9. The van der Waals surface area contributed by atoms with E-state index in [0.717, 1.165) is 21.5 Å². The fourth-order valence-electron chi connectivity index (χ4n) is 3.03. The SMILES string of the molecule is CCn1ncc2c(C(=O)NCc3cccnc3OC)cc(-c3cccs3)nc21. The molecule has 4 aromatic rings. The Hall–Kier alpha value is -3.26. The van der Waals surface area contributed by atoms with Crippen LogP contribution in [0.15, 0.2) is 48.1 Å². The lowest BCUT2D eigenvalue weighted by Crippen LogP contribution is -2.23. The Bertz CT molecular complexity index is 1120. The molecular formula is C20H19N5O2S. The maximum atomic E-state index is 13.0. The van der Waals surface area contributed by atoms with E-state index < -0.39 is 0 Å². The molecule has 4 aromatic heterocycles. The highest BCUT2D eigenvalue weighted by atomic mass is 32.1. The van der Waals surface area contributed by atoms with E-state index in [4.69, 9.17) is 9.72 Å². The maximum absolute atomic E-state index is 13.0. The molecule has 4 heterocycles. The second-order valence-corrected chi connectivity index (χ2v) is 7.03. The molecule has 0 radical (unpaired) electrons. The van der Waals surface area contributed by atoms with Gasteiger partial charge in [-0.2, -0.15) is 5.10 Å². The quantitative estimate of drug-likeness (QED) is 0.542. The molecule has 0 fully saturated rings. The number of fused-ring (bicyclic) bond motifs is 1. The number of nitrogens with zero attached hydrogens (tertiary/aromatic N) is 4. The minimum atomic E-state index is -0.188. The van der Waals surface area contributed by atoms with Crippen molar-refractivity contribution in [2.45, 2.75) is 20.0 Å². The molecule has 0 aliphatic carbocycles. The van der Waals surface area contributed by atoms with E-state index in [2.05, 4.69) is 15.4 Å². The van der Waals surface area contributed by atoms with Crippen molar-refractivity contribution in [2.24, 2.45) is 0 Å². The van der Waals surface area contributed by atoms with E-state index >= 15 is 0 Å². The van der Waals surface area contributed by atoms with Crippen LogP contribution in [0.2, 0.25) is 0 Å². The summed E-state index contributed by atoms with van der Waals surface area (Å²) in [7, 11) is 1.56. The average molecular weight is 393 g/mol. The van der Waals surface area contributed by atoms with Gasteiger partial charge in [-0.3, -0.25) is 4.79 Å². The van der Waals surface area contributed by atoms with Crippen molar-refractivity contribution in [2.75, 3.05) is 7.11 Å². The molecule has 142 valence electrons. The number of aryl methyl sites for hydroxylation is 1. The number of amides is 1. The minimum Gasteiger partial charge on any atom is -0.481 e. The molecule has 8 heteroatoms. The van der Waals surface area contributed by atoms with E-state index in [1.54, 1.807) is 35.5 Å². The third-order valence-corrected chi connectivity index (χ3v) is 5.30. The predicted molar refractivity (Wildman–Crippen MR) is 108 cm³/mol. The summed E-state index contributed by atoms with van der Waals surface area (Å²) < 4.78 is 7.05. The van der Waals surface area contributed by atoms with Crippen LogP contribution in [0.25, 0.3) is 21.6 Å². The molecule has 0 saturated carbocycles. The highest BCUT2D eigenvalue weighted by Gasteiger charge is 2.18. The van der Waals surface area contributed by atoms with Gasteiger partial charge in [0, 0.05) is 24.8 Å². The number of rotatable bonds is 6. The fourth-order valence-corrected chi connectivity index (χ4v) is 3.72. The summed E-state index contributed by atoms with van der Waals surface area (Å²) >= 11 is 1.59. The monoisotopic (exact) mass is 393 g/mol. The van der Waals surface area contributed by atoms with Crippen LogP contribution in [0.4, 0.5) is 0 Å². The zero-order valence-electron chi connectivity index (χ0n) is 15.5. The van der Waals surface area contributed by atoms with Crippen LogP contribution < -0.4 is 10.1 Å². The van der Waals surface area contributed by atoms with Crippen molar-refractivity contribution in [3.05, 3.63) is 59.2 Å². The molecule has 7 nitrogen and oxygen atoms in total. The minimum absolute atomic E-state index is 0.188. The smallest absolute Gasteiger partial charge is 0.252 e. The van der Waals surface area contributed by atoms with Gasteiger partial charge in [-0.15, -0.1) is 11.3 Å². The van der Waals surface area contributed by atoms with Crippen molar-refractivity contribution in [1.29, 1.82) is 0 Å². The average Bonchev–Trinajstić information content (AvgIpc) is 3.41. The van der Waals surface area contributed by atoms with Crippen molar-refractivity contribution in [1.82, 2.24) is 25.1 Å². The first kappa shape index (κ1) is 18.1. The highest BCUT2D eigenvalue weighted by molar-refractivity contribution is 7.13. The van der Waals surface area contributed by atoms with Crippen LogP contribution in [-0.2, 0) is 13.1 Å². The summed E-state index contributed by atoms with van der Waals surface area (Å²) in [5.74, 6) is 0.313. The topological polar surface area (TPSA) is 81.9 Å². The molecule has 28 heavy (non-hydrogen) atoms. The second-order valence-electron chi connectivity index (χ2n) is 6.08. The summed E-state index contributed by atoms with van der Waals surface area (Å²) in [6, 6.07) is 9.48. The Balaban J connectivity index is 1.70. The number of ether oxygens (including phenoxy) is 1. The van der Waals surface area contributed by atoms with Crippen LogP contribution in [0.3, 0.4) is 0 Å². The van der Waals surface area contributed by atoms with Crippen LogP contribution >= 0.6 is 11.3 Å². The molecule has 0 aliphatic heterocycles. The number of nitrogens with one attached hydrogen (secondary N) is 1. The summed E-state index contributed by atoms with van der Waals surface area (Å²) in [4.78, 5) is 22.9. The van der Waals surface area contributed by atoms with Crippen molar-refractivity contribution in [3.8, 4) is 16.5 Å². The lowest BCUT2D eigenvalue weighted by Gasteiger charge is -2.10. The molecule has 0 spiro atoms. The molecule has 0 bridgehead atoms. The Labute approximate surface area is 166 Å². The first-order valence-electron chi connectivity index (χ1n) is 8.87. The van der Waals surface area contributed by atoms with Gasteiger partial charge in [-0.05, 0) is 30.5 Å². The number of carbonyl (C=O) groups excluding carboxylic acids is 1. The van der Waals surface area contributed by atoms with Gasteiger partial charge < -0.3 is 10.1 Å². The molecule has 0 unspecified atom stereocenters. The zero-order chi connectivity index (χ0) is 19.5. The Morgan fingerprint density at radius 3 is 2.96 bits per heavy atom. The number of methoxy groups -OCH3 is 1. The first-order valence-corrected chi connectivity index (χ1v) is 9.75. The number of carbonyl (C=O) groups is 1. The summed E-state index contributed by atoms with van der Waals surface area (Å²) in [5.41, 5.74) is 2.83. The summed E-state index contributed by atoms with van der Waals surface area (Å²) in [6.45, 7) is 2.99.